The third kappa shape index (κ3) is 4.26. The zero-order chi connectivity index (χ0) is 15.3. The normalized spacial score (nSPS) is 23.0. The molecule has 0 saturated heterocycles. The van der Waals surface area contributed by atoms with Crippen LogP contribution in [-0.4, -0.2) is 26.2 Å². The molecule has 0 heterocycles. The van der Waals surface area contributed by atoms with Crippen LogP contribution >= 0.6 is 7.60 Å². The lowest BCUT2D eigenvalue weighted by atomic mass is 9.77. The van der Waals surface area contributed by atoms with Gasteiger partial charge in [0.05, 0.1) is 0 Å². The van der Waals surface area contributed by atoms with Gasteiger partial charge in [-0.1, -0.05) is 30.3 Å². The molecule has 0 aliphatic heterocycles. The van der Waals surface area contributed by atoms with Crippen molar-refractivity contribution in [3.63, 3.8) is 0 Å². The van der Waals surface area contributed by atoms with Crippen LogP contribution in [0.5, 0.6) is 0 Å². The van der Waals surface area contributed by atoms with E-state index in [1.807, 2.05) is 6.07 Å². The number of ketones is 1. The molecule has 0 amide bonds. The molecule has 0 aromatic heterocycles. The second kappa shape index (κ2) is 7.35. The molecule has 1 fully saturated rings. The predicted molar refractivity (Wildman–Crippen MR) is 82.6 cm³/mol. The van der Waals surface area contributed by atoms with Gasteiger partial charge in [-0.05, 0) is 37.2 Å². The molecule has 116 valence electrons. The lowest BCUT2D eigenvalue weighted by molar-refractivity contribution is -0.121. The lowest BCUT2D eigenvalue weighted by Gasteiger charge is -2.28. The van der Waals surface area contributed by atoms with E-state index in [1.54, 1.807) is 0 Å². The third-order valence-corrected chi connectivity index (χ3v) is 6.17. The van der Waals surface area contributed by atoms with Gasteiger partial charge in [0.25, 0.3) is 0 Å². The maximum absolute atomic E-state index is 12.2. The van der Waals surface area contributed by atoms with Gasteiger partial charge in [0, 0.05) is 20.1 Å². The first kappa shape index (κ1) is 16.4. The molecule has 0 N–H and O–H groups in total. The molecular weight excluding hydrogens is 287 g/mol. The van der Waals surface area contributed by atoms with Crippen molar-refractivity contribution < 1.29 is 18.4 Å². The van der Waals surface area contributed by atoms with Crippen molar-refractivity contribution >= 4 is 13.4 Å². The summed E-state index contributed by atoms with van der Waals surface area (Å²) >= 11 is 0. The predicted octanol–water partition coefficient (Wildman–Crippen LogP) is 4.02. The van der Waals surface area contributed by atoms with E-state index < -0.39 is 7.60 Å². The van der Waals surface area contributed by atoms with E-state index in [4.69, 9.17) is 9.05 Å². The average Bonchev–Trinajstić information content (AvgIpc) is 2.55. The Kier molecular flexibility index (Phi) is 5.74. The summed E-state index contributed by atoms with van der Waals surface area (Å²) in [5.41, 5.74) is 1.35. The fraction of sp³-hybridized carbons (Fsp3) is 0.562. The Balaban J connectivity index is 1.89. The van der Waals surface area contributed by atoms with Gasteiger partial charge in [-0.25, -0.2) is 0 Å². The van der Waals surface area contributed by atoms with Crippen LogP contribution in [0.1, 0.15) is 37.2 Å². The van der Waals surface area contributed by atoms with Gasteiger partial charge in [-0.2, -0.15) is 0 Å². The molecule has 2 rings (SSSR count). The molecule has 0 bridgehead atoms. The summed E-state index contributed by atoms with van der Waals surface area (Å²) in [6.45, 7) is 0. The van der Waals surface area contributed by atoms with Crippen molar-refractivity contribution in [1.29, 1.82) is 0 Å². The Morgan fingerprint density at radius 3 is 2.19 bits per heavy atom. The molecule has 4 nitrogen and oxygen atoms in total. The van der Waals surface area contributed by atoms with E-state index in [0.29, 0.717) is 5.92 Å². The Morgan fingerprint density at radius 2 is 1.67 bits per heavy atom. The van der Waals surface area contributed by atoms with E-state index in [0.717, 1.165) is 25.7 Å². The van der Waals surface area contributed by atoms with Crippen molar-refractivity contribution in [2.45, 2.75) is 31.6 Å². The Hall–Kier alpha value is -0.960. The van der Waals surface area contributed by atoms with Gasteiger partial charge in [0.1, 0.15) is 11.9 Å². The van der Waals surface area contributed by atoms with Crippen molar-refractivity contribution in [2.75, 3.05) is 20.4 Å². The van der Waals surface area contributed by atoms with Crippen molar-refractivity contribution in [1.82, 2.24) is 0 Å². The summed E-state index contributed by atoms with van der Waals surface area (Å²) < 4.78 is 21.7. The first-order valence-electron chi connectivity index (χ1n) is 7.36. The van der Waals surface area contributed by atoms with Gasteiger partial charge in [-0.15, -0.1) is 0 Å². The summed E-state index contributed by atoms with van der Waals surface area (Å²) in [5.74, 6) is 0.532. The highest BCUT2D eigenvalue weighted by Crippen LogP contribution is 2.47. The average molecular weight is 310 g/mol. The molecule has 1 saturated carbocycles. The lowest BCUT2D eigenvalue weighted by Crippen LogP contribution is -2.24. The minimum absolute atomic E-state index is 0.00791. The highest BCUT2D eigenvalue weighted by atomic mass is 31.2. The SMILES string of the molecule is COP(=O)(CC(=O)C1CCC(c2ccccc2)CC1)OC. The molecule has 0 spiro atoms. The smallest absolute Gasteiger partial charge is 0.312 e. The second-order valence-electron chi connectivity index (χ2n) is 5.56. The highest BCUT2D eigenvalue weighted by molar-refractivity contribution is 7.54. The monoisotopic (exact) mass is 310 g/mol. The standard InChI is InChI=1S/C16H23O4P/c1-19-21(18,20-2)12-16(17)15-10-8-14(9-11-15)13-6-4-3-5-7-13/h3-7,14-15H,8-12H2,1-2H3. The van der Waals surface area contributed by atoms with E-state index >= 15 is 0 Å². The van der Waals surface area contributed by atoms with Crippen LogP contribution < -0.4 is 0 Å². The van der Waals surface area contributed by atoms with Gasteiger partial charge in [0.2, 0.25) is 0 Å². The summed E-state index contributed by atoms with van der Waals surface area (Å²) in [6.07, 6.45) is 3.60. The minimum Gasteiger partial charge on any atom is -0.312 e. The zero-order valence-electron chi connectivity index (χ0n) is 12.7. The number of carbonyl (C=O) groups is 1. The van der Waals surface area contributed by atoms with Gasteiger partial charge < -0.3 is 9.05 Å². The van der Waals surface area contributed by atoms with Crippen LogP contribution in [0, 0.1) is 5.92 Å². The van der Waals surface area contributed by atoms with Gasteiger partial charge in [0.15, 0.2) is 0 Å². The van der Waals surface area contributed by atoms with E-state index in [9.17, 15) is 9.36 Å². The van der Waals surface area contributed by atoms with Crippen LogP contribution in [0.25, 0.3) is 0 Å². The van der Waals surface area contributed by atoms with Crippen LogP contribution in [-0.2, 0) is 18.4 Å². The molecule has 1 aliphatic carbocycles. The molecule has 1 aromatic rings. The molecule has 21 heavy (non-hydrogen) atoms. The van der Waals surface area contributed by atoms with Crippen molar-refractivity contribution in [3.05, 3.63) is 35.9 Å². The molecule has 1 aromatic carbocycles. The van der Waals surface area contributed by atoms with Gasteiger partial charge >= 0.3 is 7.60 Å². The minimum atomic E-state index is -3.23. The number of hydrogen-bond donors (Lipinski definition) is 0. The number of rotatable bonds is 6. The summed E-state index contributed by atoms with van der Waals surface area (Å²) in [7, 11) is -0.580. The fourth-order valence-electron chi connectivity index (χ4n) is 3.00. The number of hydrogen-bond acceptors (Lipinski definition) is 4. The molecule has 5 heteroatoms. The quantitative estimate of drug-likeness (QED) is 0.745. The summed E-state index contributed by atoms with van der Waals surface area (Å²) in [5, 5.41) is 0. The highest BCUT2D eigenvalue weighted by Gasteiger charge is 2.32. The first-order valence-corrected chi connectivity index (χ1v) is 9.09. The first-order chi connectivity index (χ1) is 10.1. The number of benzene rings is 1. The number of carbonyl (C=O) groups excluding carboxylic acids is 1. The molecule has 0 radical (unpaired) electrons. The van der Waals surface area contributed by atoms with E-state index in [2.05, 4.69) is 24.3 Å². The van der Waals surface area contributed by atoms with Crippen molar-refractivity contribution in [2.24, 2.45) is 5.92 Å². The van der Waals surface area contributed by atoms with Crippen molar-refractivity contribution in [3.8, 4) is 0 Å². The van der Waals surface area contributed by atoms with Crippen LogP contribution in [0.15, 0.2) is 30.3 Å². The van der Waals surface area contributed by atoms with Gasteiger partial charge in [-0.3, -0.25) is 9.36 Å². The largest absolute Gasteiger partial charge is 0.337 e. The second-order valence-corrected chi connectivity index (χ2v) is 7.83. The maximum atomic E-state index is 12.2. The van der Waals surface area contributed by atoms with E-state index in [-0.39, 0.29) is 17.9 Å². The van der Waals surface area contributed by atoms with Crippen LogP contribution in [0.3, 0.4) is 0 Å². The topological polar surface area (TPSA) is 52.6 Å². The Morgan fingerprint density at radius 1 is 1.10 bits per heavy atom. The molecule has 0 atom stereocenters. The summed E-state index contributed by atoms with van der Waals surface area (Å²) in [4.78, 5) is 12.2. The van der Waals surface area contributed by atoms with Crippen LogP contribution in [0.2, 0.25) is 0 Å². The zero-order valence-corrected chi connectivity index (χ0v) is 13.6. The summed E-state index contributed by atoms with van der Waals surface area (Å²) in [6, 6.07) is 10.4. The Bertz CT molecular complexity index is 498. The van der Waals surface area contributed by atoms with E-state index in [1.165, 1.54) is 19.8 Å². The molecule has 0 unspecified atom stereocenters. The molecule has 1 aliphatic rings. The third-order valence-electron chi connectivity index (χ3n) is 4.36. The Labute approximate surface area is 126 Å². The number of Topliss-reactive ketones (excluding diaryl/α,β-unsaturated/α-hetero) is 1. The maximum Gasteiger partial charge on any atom is 0.337 e. The van der Waals surface area contributed by atoms with Crippen LogP contribution in [0.4, 0.5) is 0 Å². The molecular formula is C16H23O4P. The fourth-order valence-corrected chi connectivity index (χ4v) is 4.04.